The Morgan fingerprint density at radius 3 is 2.74 bits per heavy atom. The van der Waals surface area contributed by atoms with Gasteiger partial charge in [-0.05, 0) is 36.8 Å². The summed E-state index contributed by atoms with van der Waals surface area (Å²) in [5.41, 5.74) is 3.64. The van der Waals surface area contributed by atoms with Crippen molar-refractivity contribution in [2.75, 3.05) is 51.3 Å². The fourth-order valence-electron chi connectivity index (χ4n) is 4.00. The minimum Gasteiger partial charge on any atom is -0.492 e. The minimum atomic E-state index is -0.361. The third-order valence-electron chi connectivity index (χ3n) is 6.15. The number of nitrogens with one attached hydrogen (secondary N) is 1. The molecule has 0 bridgehead atoms. The van der Waals surface area contributed by atoms with Crippen LogP contribution in [0.1, 0.15) is 12.5 Å². The molecule has 198 valence electrons. The summed E-state index contributed by atoms with van der Waals surface area (Å²) in [6, 6.07) is 11.2. The zero-order valence-corrected chi connectivity index (χ0v) is 22.0. The molecule has 0 spiro atoms. The normalized spacial score (nSPS) is 13.9. The van der Waals surface area contributed by atoms with E-state index in [-0.39, 0.29) is 6.03 Å². The summed E-state index contributed by atoms with van der Waals surface area (Å²) < 4.78 is 14.4. The van der Waals surface area contributed by atoms with Gasteiger partial charge in [0.2, 0.25) is 0 Å². The highest BCUT2D eigenvalue weighted by molar-refractivity contribution is 7.78. The first-order valence-corrected chi connectivity index (χ1v) is 12.9. The number of carbonyl (C=O) groups is 1. The van der Waals surface area contributed by atoms with Crippen LogP contribution < -0.4 is 10.1 Å². The van der Waals surface area contributed by atoms with E-state index in [2.05, 4.69) is 43.1 Å². The molecule has 3 aromatic heterocycles. The number of hydrogen-bond acceptors (Lipinski definition) is 9. The van der Waals surface area contributed by atoms with E-state index in [1.165, 1.54) is 4.31 Å². The predicted octanol–water partition coefficient (Wildman–Crippen LogP) is 3.35. The van der Waals surface area contributed by atoms with Crippen molar-refractivity contribution in [1.82, 2.24) is 33.9 Å². The molecule has 0 aliphatic carbocycles. The topological polar surface area (TPSA) is 111 Å². The lowest BCUT2D eigenvalue weighted by atomic mass is 10.2. The van der Waals surface area contributed by atoms with Crippen LogP contribution in [0.25, 0.3) is 22.4 Å². The van der Waals surface area contributed by atoms with Crippen LogP contribution in [0.5, 0.6) is 5.75 Å². The zero-order chi connectivity index (χ0) is 26.3. The third kappa shape index (κ3) is 6.57. The largest absolute Gasteiger partial charge is 0.492 e. The minimum absolute atomic E-state index is 0.361. The van der Waals surface area contributed by atoms with Gasteiger partial charge in [0.15, 0.2) is 5.65 Å². The molecule has 0 saturated carbocycles. The van der Waals surface area contributed by atoms with Gasteiger partial charge in [0.1, 0.15) is 23.7 Å². The highest BCUT2D eigenvalue weighted by Crippen LogP contribution is 2.20. The molecule has 1 aromatic carbocycles. The monoisotopic (exact) mass is 534 g/mol. The molecule has 1 N–H and O–H groups in total. The zero-order valence-electron chi connectivity index (χ0n) is 21.2. The number of rotatable bonds is 9. The number of ether oxygens (including phenoxy) is 2. The van der Waals surface area contributed by atoms with Crippen molar-refractivity contribution in [2.24, 2.45) is 0 Å². The number of morpholine rings is 1. The summed E-state index contributed by atoms with van der Waals surface area (Å²) in [5, 5.41) is 7.19. The Morgan fingerprint density at radius 1 is 1.13 bits per heavy atom. The number of benzene rings is 1. The van der Waals surface area contributed by atoms with Gasteiger partial charge in [-0.1, -0.05) is 24.9 Å². The molecule has 38 heavy (non-hydrogen) atoms. The van der Waals surface area contributed by atoms with Crippen LogP contribution in [0.2, 0.25) is 0 Å². The summed E-state index contributed by atoms with van der Waals surface area (Å²) in [4.78, 5) is 28.0. The average Bonchev–Trinajstić information content (AvgIpc) is 3.42. The maximum Gasteiger partial charge on any atom is 0.332 e. The van der Waals surface area contributed by atoms with Crippen LogP contribution in [-0.4, -0.2) is 86.0 Å². The van der Waals surface area contributed by atoms with Gasteiger partial charge in [-0.3, -0.25) is 24.2 Å². The Bertz CT molecular complexity index is 1370. The molecule has 5 rings (SSSR count). The number of anilines is 1. The Balaban J connectivity index is 1.19. The van der Waals surface area contributed by atoms with Crippen LogP contribution in [0, 0.1) is 0 Å². The van der Waals surface area contributed by atoms with Crippen molar-refractivity contribution in [3.05, 3.63) is 60.6 Å². The molecule has 1 aliphatic heterocycles. The molecule has 4 heterocycles. The Hall–Kier alpha value is -3.74. The third-order valence-corrected chi connectivity index (χ3v) is 6.62. The van der Waals surface area contributed by atoms with Gasteiger partial charge in [0, 0.05) is 37.9 Å². The molecule has 1 saturated heterocycles. The van der Waals surface area contributed by atoms with E-state index < -0.39 is 0 Å². The fraction of sp³-hybridized carbons (Fsp3) is 0.346. The molecule has 12 heteroatoms. The van der Waals surface area contributed by atoms with E-state index in [4.69, 9.17) is 9.47 Å². The van der Waals surface area contributed by atoms with Crippen LogP contribution >= 0.6 is 12.8 Å². The van der Waals surface area contributed by atoms with E-state index in [1.54, 1.807) is 24.5 Å². The summed E-state index contributed by atoms with van der Waals surface area (Å²) >= 11 is 4.11. The number of pyridine rings is 1. The highest BCUT2D eigenvalue weighted by atomic mass is 32.1. The van der Waals surface area contributed by atoms with Gasteiger partial charge in [-0.25, -0.2) is 14.8 Å². The number of amides is 2. The van der Waals surface area contributed by atoms with Crippen molar-refractivity contribution in [1.29, 1.82) is 0 Å². The van der Waals surface area contributed by atoms with E-state index in [9.17, 15) is 4.79 Å². The number of fused-ring (bicyclic) bond motifs is 1. The first kappa shape index (κ1) is 25.9. The number of urea groups is 1. The lowest BCUT2D eigenvalue weighted by Crippen LogP contribution is -2.38. The molecule has 4 aromatic rings. The van der Waals surface area contributed by atoms with Crippen molar-refractivity contribution in [2.45, 2.75) is 13.5 Å². The molecular weight excluding hydrogens is 504 g/mol. The maximum absolute atomic E-state index is 12.1. The molecule has 0 atom stereocenters. The predicted molar refractivity (Wildman–Crippen MR) is 147 cm³/mol. The molecular formula is C26H30N8O3S. The average molecular weight is 535 g/mol. The number of thiol groups is 1. The lowest BCUT2D eigenvalue weighted by Gasteiger charge is -2.26. The number of aromatic nitrogens is 5. The van der Waals surface area contributed by atoms with E-state index in [0.29, 0.717) is 42.4 Å². The summed E-state index contributed by atoms with van der Waals surface area (Å²) in [5.74, 6) is 1.24. The molecule has 11 nitrogen and oxygen atoms in total. The summed E-state index contributed by atoms with van der Waals surface area (Å²) in [6.45, 7) is 7.97. The van der Waals surface area contributed by atoms with Crippen molar-refractivity contribution < 1.29 is 14.3 Å². The maximum atomic E-state index is 12.1. The number of carbonyl (C=O) groups excluding carboxylic acids is 1. The van der Waals surface area contributed by atoms with E-state index in [1.807, 2.05) is 42.1 Å². The standard InChI is InChI=1S/C26H30N8O3S/c1-2-34(38)26(35)31-24-8-7-22-25(30-24)29-23(16-27-22)20-15-28-33(18-20)17-19-3-5-21(6-4-19)37-14-11-32-9-12-36-13-10-32/h3-8,15-16,18,38H,2,9-14,17H2,1H3,(H,29,30,31,35). The summed E-state index contributed by atoms with van der Waals surface area (Å²) in [6.07, 6.45) is 5.37. The van der Waals surface area contributed by atoms with Crippen LogP contribution in [0.15, 0.2) is 55.0 Å². The van der Waals surface area contributed by atoms with Gasteiger partial charge in [-0.2, -0.15) is 5.10 Å². The Kier molecular flexibility index (Phi) is 8.31. The van der Waals surface area contributed by atoms with Crippen LogP contribution in [0.3, 0.4) is 0 Å². The Morgan fingerprint density at radius 2 is 1.95 bits per heavy atom. The van der Waals surface area contributed by atoms with Gasteiger partial charge in [0.05, 0.1) is 37.8 Å². The second kappa shape index (κ2) is 12.2. The first-order valence-electron chi connectivity index (χ1n) is 12.5. The van der Waals surface area contributed by atoms with Crippen molar-refractivity contribution >= 4 is 35.8 Å². The second-order valence-electron chi connectivity index (χ2n) is 8.81. The molecule has 0 radical (unpaired) electrons. The number of nitrogens with zero attached hydrogens (tertiary/aromatic N) is 7. The van der Waals surface area contributed by atoms with E-state index in [0.717, 1.165) is 49.7 Å². The van der Waals surface area contributed by atoms with Crippen LogP contribution in [0.4, 0.5) is 10.6 Å². The molecule has 1 fully saturated rings. The van der Waals surface area contributed by atoms with E-state index >= 15 is 0 Å². The number of hydrogen-bond donors (Lipinski definition) is 2. The quantitative estimate of drug-likeness (QED) is 0.315. The van der Waals surface area contributed by atoms with Crippen LogP contribution in [-0.2, 0) is 11.3 Å². The highest BCUT2D eigenvalue weighted by Gasteiger charge is 2.12. The van der Waals surface area contributed by atoms with Gasteiger partial charge in [-0.15, -0.1) is 0 Å². The van der Waals surface area contributed by atoms with Gasteiger partial charge >= 0.3 is 6.03 Å². The Labute approximate surface area is 226 Å². The summed E-state index contributed by atoms with van der Waals surface area (Å²) in [7, 11) is 0. The lowest BCUT2D eigenvalue weighted by molar-refractivity contribution is 0.0322. The fourth-order valence-corrected chi connectivity index (χ4v) is 4.05. The van der Waals surface area contributed by atoms with Gasteiger partial charge < -0.3 is 9.47 Å². The molecule has 0 unspecified atom stereocenters. The molecule has 1 aliphatic rings. The van der Waals surface area contributed by atoms with Crippen molar-refractivity contribution in [3.8, 4) is 17.0 Å². The molecule has 2 amide bonds. The van der Waals surface area contributed by atoms with Gasteiger partial charge in [0.25, 0.3) is 0 Å². The first-order chi connectivity index (χ1) is 18.6. The second-order valence-corrected chi connectivity index (χ2v) is 9.30. The van der Waals surface area contributed by atoms with Crippen molar-refractivity contribution in [3.63, 3.8) is 0 Å². The SMILES string of the molecule is CCN(S)C(=O)Nc1ccc2ncc(-c3cnn(Cc4ccc(OCCN5CCOCC5)cc4)c3)nc2n1. The smallest absolute Gasteiger partial charge is 0.332 e.